The van der Waals surface area contributed by atoms with Crippen molar-refractivity contribution < 1.29 is 4.79 Å². The van der Waals surface area contributed by atoms with Crippen molar-refractivity contribution in [1.29, 1.82) is 0 Å². The summed E-state index contributed by atoms with van der Waals surface area (Å²) in [6, 6.07) is 7.62. The lowest BCUT2D eigenvalue weighted by molar-refractivity contribution is -0.139. The maximum Gasteiger partial charge on any atom is 0.228 e. The van der Waals surface area contributed by atoms with E-state index < -0.39 is 0 Å². The van der Waals surface area contributed by atoms with E-state index in [0.29, 0.717) is 5.82 Å². The van der Waals surface area contributed by atoms with Crippen LogP contribution >= 0.6 is 0 Å². The summed E-state index contributed by atoms with van der Waals surface area (Å²) < 4.78 is 0. The molecule has 1 saturated heterocycles. The fourth-order valence-corrected chi connectivity index (χ4v) is 2.76. The van der Waals surface area contributed by atoms with Gasteiger partial charge in [-0.1, -0.05) is 20.8 Å². The van der Waals surface area contributed by atoms with E-state index in [0.717, 1.165) is 37.7 Å². The van der Waals surface area contributed by atoms with Crippen LogP contribution in [0.4, 0.5) is 17.3 Å². The number of hydrogen-bond donors (Lipinski definition) is 1. The zero-order valence-corrected chi connectivity index (χ0v) is 14.9. The molecule has 1 aliphatic rings. The number of nitrogens with one attached hydrogen (secondary N) is 1. The number of amides is 1. The Bertz CT molecular complexity index is 703. The first-order chi connectivity index (χ1) is 11.9. The lowest BCUT2D eigenvalue weighted by atomic mass is 9.94. The third-order valence-corrected chi connectivity index (χ3v) is 4.14. The predicted molar refractivity (Wildman–Crippen MR) is 97.8 cm³/mol. The number of aromatic nitrogens is 3. The predicted octanol–water partition coefficient (Wildman–Crippen LogP) is 2.31. The summed E-state index contributed by atoms with van der Waals surface area (Å²) >= 11 is 0. The molecule has 7 nitrogen and oxygen atoms in total. The highest BCUT2D eigenvalue weighted by molar-refractivity contribution is 5.81. The Morgan fingerprint density at radius 3 is 2.24 bits per heavy atom. The first-order valence-corrected chi connectivity index (χ1v) is 8.48. The number of piperazine rings is 1. The molecule has 2 aromatic rings. The van der Waals surface area contributed by atoms with E-state index in [4.69, 9.17) is 0 Å². The van der Waals surface area contributed by atoms with Crippen LogP contribution in [0.15, 0.2) is 36.7 Å². The van der Waals surface area contributed by atoms with Crippen molar-refractivity contribution in [2.24, 2.45) is 5.41 Å². The topological polar surface area (TPSA) is 74.2 Å². The van der Waals surface area contributed by atoms with Crippen molar-refractivity contribution in [2.75, 3.05) is 36.4 Å². The molecule has 0 atom stereocenters. The van der Waals surface area contributed by atoms with Gasteiger partial charge in [0.25, 0.3) is 0 Å². The van der Waals surface area contributed by atoms with Gasteiger partial charge in [-0.25, -0.2) is 0 Å². The summed E-state index contributed by atoms with van der Waals surface area (Å²) in [7, 11) is 0. The quantitative estimate of drug-likeness (QED) is 0.924. The van der Waals surface area contributed by atoms with E-state index in [1.807, 2.05) is 49.9 Å². The van der Waals surface area contributed by atoms with E-state index in [-0.39, 0.29) is 11.3 Å². The molecule has 1 N–H and O–H groups in total. The smallest absolute Gasteiger partial charge is 0.228 e. The van der Waals surface area contributed by atoms with Gasteiger partial charge >= 0.3 is 0 Å². The molecule has 0 aliphatic carbocycles. The van der Waals surface area contributed by atoms with E-state index >= 15 is 0 Å². The normalized spacial score (nSPS) is 15.2. The zero-order valence-electron chi connectivity index (χ0n) is 14.9. The molecule has 132 valence electrons. The minimum absolute atomic E-state index is 0.204. The Hall–Kier alpha value is -2.70. The van der Waals surface area contributed by atoms with Crippen LogP contribution in [0.2, 0.25) is 0 Å². The number of hydrogen-bond acceptors (Lipinski definition) is 6. The number of nitrogens with zero attached hydrogens (tertiary/aromatic N) is 5. The van der Waals surface area contributed by atoms with Crippen LogP contribution in [0.5, 0.6) is 0 Å². The van der Waals surface area contributed by atoms with Crippen molar-refractivity contribution in [1.82, 2.24) is 20.1 Å². The van der Waals surface area contributed by atoms with Crippen LogP contribution in [0.1, 0.15) is 20.8 Å². The average Bonchev–Trinajstić information content (AvgIpc) is 2.62. The van der Waals surface area contributed by atoms with Crippen LogP contribution in [-0.4, -0.2) is 52.2 Å². The summed E-state index contributed by atoms with van der Waals surface area (Å²) in [6.07, 6.45) is 3.45. The van der Waals surface area contributed by atoms with Crippen LogP contribution in [0.3, 0.4) is 0 Å². The molecule has 0 radical (unpaired) electrons. The molecule has 0 saturated carbocycles. The molecule has 0 aromatic carbocycles. The molecular formula is C18H24N6O. The molecule has 0 unspecified atom stereocenters. The van der Waals surface area contributed by atoms with E-state index in [1.54, 1.807) is 12.4 Å². The third kappa shape index (κ3) is 4.23. The van der Waals surface area contributed by atoms with E-state index in [2.05, 4.69) is 25.4 Å². The summed E-state index contributed by atoms with van der Waals surface area (Å²) in [5, 5.41) is 11.7. The Morgan fingerprint density at radius 2 is 1.68 bits per heavy atom. The molecule has 3 heterocycles. The van der Waals surface area contributed by atoms with Gasteiger partial charge in [0.2, 0.25) is 5.91 Å². The second kappa shape index (κ2) is 7.04. The van der Waals surface area contributed by atoms with Gasteiger partial charge in [0.1, 0.15) is 0 Å². The van der Waals surface area contributed by atoms with Crippen molar-refractivity contribution in [3.63, 3.8) is 0 Å². The Kier molecular flexibility index (Phi) is 4.83. The van der Waals surface area contributed by atoms with Crippen LogP contribution in [0, 0.1) is 5.41 Å². The highest BCUT2D eigenvalue weighted by Gasteiger charge is 2.29. The highest BCUT2D eigenvalue weighted by atomic mass is 16.2. The standard InChI is InChI=1S/C18H24N6O/c1-18(2,3)17(25)24-12-10-23(11-13-24)16-5-4-15(21-22-16)20-14-6-8-19-9-7-14/h4-9H,10-13H2,1-3H3,(H,19,20,21). The minimum atomic E-state index is -0.331. The summed E-state index contributed by atoms with van der Waals surface area (Å²) in [5.74, 6) is 1.73. The maximum atomic E-state index is 12.3. The molecule has 2 aromatic heterocycles. The highest BCUT2D eigenvalue weighted by Crippen LogP contribution is 2.21. The van der Waals surface area contributed by atoms with Crippen molar-refractivity contribution in [3.8, 4) is 0 Å². The fourth-order valence-electron chi connectivity index (χ4n) is 2.76. The van der Waals surface area contributed by atoms with Gasteiger partial charge in [0.15, 0.2) is 11.6 Å². The third-order valence-electron chi connectivity index (χ3n) is 4.14. The van der Waals surface area contributed by atoms with Crippen LogP contribution < -0.4 is 10.2 Å². The lowest BCUT2D eigenvalue weighted by Gasteiger charge is -2.38. The molecule has 1 aliphatic heterocycles. The minimum Gasteiger partial charge on any atom is -0.352 e. The number of carbonyl (C=O) groups excluding carboxylic acids is 1. The number of rotatable bonds is 3. The van der Waals surface area contributed by atoms with Crippen molar-refractivity contribution >= 4 is 23.2 Å². The first kappa shape index (κ1) is 17.1. The van der Waals surface area contributed by atoms with Gasteiger partial charge in [0.05, 0.1) is 0 Å². The lowest BCUT2D eigenvalue weighted by Crippen LogP contribution is -2.51. The maximum absolute atomic E-state index is 12.3. The number of anilines is 3. The summed E-state index contributed by atoms with van der Waals surface area (Å²) in [4.78, 5) is 20.4. The van der Waals surface area contributed by atoms with Gasteiger partial charge in [-0.2, -0.15) is 0 Å². The van der Waals surface area contributed by atoms with Gasteiger partial charge in [0, 0.05) is 49.7 Å². The zero-order chi connectivity index (χ0) is 17.9. The Morgan fingerprint density at radius 1 is 1.00 bits per heavy atom. The average molecular weight is 340 g/mol. The molecule has 25 heavy (non-hydrogen) atoms. The van der Waals surface area contributed by atoms with Crippen LogP contribution in [-0.2, 0) is 4.79 Å². The SMILES string of the molecule is CC(C)(C)C(=O)N1CCN(c2ccc(Nc3ccncc3)nn2)CC1. The molecular weight excluding hydrogens is 316 g/mol. The van der Waals surface area contributed by atoms with Crippen LogP contribution in [0.25, 0.3) is 0 Å². The molecule has 0 spiro atoms. The number of carbonyl (C=O) groups is 1. The van der Waals surface area contributed by atoms with Gasteiger partial charge in [-0.3, -0.25) is 9.78 Å². The van der Waals surface area contributed by atoms with E-state index in [1.165, 1.54) is 0 Å². The fraction of sp³-hybridized carbons (Fsp3) is 0.444. The van der Waals surface area contributed by atoms with Gasteiger partial charge in [-0.05, 0) is 24.3 Å². The first-order valence-electron chi connectivity index (χ1n) is 8.48. The summed E-state index contributed by atoms with van der Waals surface area (Å²) in [5.41, 5.74) is 0.591. The molecule has 0 bridgehead atoms. The monoisotopic (exact) mass is 340 g/mol. The largest absolute Gasteiger partial charge is 0.352 e. The Labute approximate surface area is 148 Å². The van der Waals surface area contributed by atoms with Gasteiger partial charge in [-0.15, -0.1) is 10.2 Å². The Balaban J connectivity index is 1.58. The van der Waals surface area contributed by atoms with E-state index in [9.17, 15) is 4.79 Å². The van der Waals surface area contributed by atoms with Crippen molar-refractivity contribution in [2.45, 2.75) is 20.8 Å². The second-order valence-corrected chi connectivity index (χ2v) is 7.17. The van der Waals surface area contributed by atoms with Crippen molar-refractivity contribution in [3.05, 3.63) is 36.7 Å². The molecule has 7 heteroatoms. The molecule has 1 fully saturated rings. The summed E-state index contributed by atoms with van der Waals surface area (Å²) in [6.45, 7) is 8.86. The number of pyridine rings is 1. The second-order valence-electron chi connectivity index (χ2n) is 7.17. The molecule has 1 amide bonds. The van der Waals surface area contributed by atoms with Gasteiger partial charge < -0.3 is 15.1 Å². The molecule has 3 rings (SSSR count).